The average molecular weight is 389 g/mol. The summed E-state index contributed by atoms with van der Waals surface area (Å²) in [5, 5.41) is 4.27. The molecule has 1 heterocycles. The lowest BCUT2D eigenvalue weighted by Gasteiger charge is -2.11. The molecule has 0 saturated heterocycles. The summed E-state index contributed by atoms with van der Waals surface area (Å²) in [7, 11) is 1.63. The first kappa shape index (κ1) is 18.0. The molecule has 0 bridgehead atoms. The molecule has 0 radical (unpaired) electrons. The molecule has 4 rings (SSSR count). The Morgan fingerprint density at radius 1 is 0.964 bits per heavy atom. The molecule has 5 heteroatoms. The first-order chi connectivity index (χ1) is 13.6. The van der Waals surface area contributed by atoms with Crippen LogP contribution in [0.15, 0.2) is 78.9 Å². The second kappa shape index (κ2) is 7.71. The number of hydrogen-bond donors (Lipinski definition) is 1. The zero-order valence-electron chi connectivity index (χ0n) is 15.1. The molecule has 1 amide bonds. The van der Waals surface area contributed by atoms with Crippen molar-refractivity contribution in [3.63, 3.8) is 0 Å². The molecule has 4 nitrogen and oxygen atoms in total. The summed E-state index contributed by atoms with van der Waals surface area (Å²) in [5.41, 5.74) is 3.58. The van der Waals surface area contributed by atoms with Crippen LogP contribution in [0, 0.1) is 0 Å². The zero-order chi connectivity index (χ0) is 19.5. The molecule has 4 aromatic rings. The first-order valence-corrected chi connectivity index (χ1v) is 9.13. The van der Waals surface area contributed by atoms with Crippen molar-refractivity contribution in [1.29, 1.82) is 0 Å². The Morgan fingerprint density at radius 3 is 2.50 bits per heavy atom. The van der Waals surface area contributed by atoms with Crippen LogP contribution in [0.5, 0.6) is 5.75 Å². The summed E-state index contributed by atoms with van der Waals surface area (Å²) in [5.74, 6) is 0.555. The highest BCUT2D eigenvalue weighted by Gasteiger charge is 2.14. The molecule has 0 aliphatic heterocycles. The fourth-order valence-corrected chi connectivity index (χ4v) is 3.23. The van der Waals surface area contributed by atoms with Crippen molar-refractivity contribution in [3.8, 4) is 17.0 Å². The lowest BCUT2D eigenvalue weighted by molar-refractivity contribution is 0.102. The minimum absolute atomic E-state index is 0.212. The van der Waals surface area contributed by atoms with Gasteiger partial charge in [0.1, 0.15) is 5.75 Å². The van der Waals surface area contributed by atoms with Gasteiger partial charge in [-0.15, -0.1) is 0 Å². The number of rotatable bonds is 4. The maximum absolute atomic E-state index is 13.0. The Balaban J connectivity index is 1.78. The molecule has 0 unspecified atom stereocenters. The number of amides is 1. The molecule has 0 saturated carbocycles. The van der Waals surface area contributed by atoms with Crippen molar-refractivity contribution >= 4 is 34.1 Å². The number of fused-ring (bicyclic) bond motifs is 1. The van der Waals surface area contributed by atoms with Crippen LogP contribution in [-0.2, 0) is 0 Å². The van der Waals surface area contributed by atoms with Gasteiger partial charge in [-0.05, 0) is 54.6 Å². The first-order valence-electron chi connectivity index (χ1n) is 8.75. The molecule has 3 aromatic carbocycles. The lowest BCUT2D eigenvalue weighted by Crippen LogP contribution is -2.13. The van der Waals surface area contributed by atoms with E-state index in [9.17, 15) is 4.79 Å². The number of ether oxygens (including phenoxy) is 1. The molecule has 1 N–H and O–H groups in total. The van der Waals surface area contributed by atoms with Crippen molar-refractivity contribution in [2.75, 3.05) is 12.4 Å². The van der Waals surface area contributed by atoms with E-state index in [1.54, 1.807) is 31.4 Å². The van der Waals surface area contributed by atoms with Crippen LogP contribution in [0.3, 0.4) is 0 Å². The normalized spacial score (nSPS) is 10.6. The topological polar surface area (TPSA) is 51.2 Å². The van der Waals surface area contributed by atoms with Crippen molar-refractivity contribution in [2.45, 2.75) is 0 Å². The van der Waals surface area contributed by atoms with E-state index < -0.39 is 0 Å². The minimum Gasteiger partial charge on any atom is -0.497 e. The minimum atomic E-state index is -0.212. The van der Waals surface area contributed by atoms with Gasteiger partial charge in [-0.25, -0.2) is 4.98 Å². The second-order valence-electron chi connectivity index (χ2n) is 6.27. The van der Waals surface area contributed by atoms with Gasteiger partial charge in [0.25, 0.3) is 5.91 Å². The van der Waals surface area contributed by atoms with Gasteiger partial charge in [-0.2, -0.15) is 0 Å². The van der Waals surface area contributed by atoms with Crippen LogP contribution in [0.4, 0.5) is 5.69 Å². The fourth-order valence-electron chi connectivity index (χ4n) is 3.04. The van der Waals surface area contributed by atoms with Gasteiger partial charge >= 0.3 is 0 Å². The number of anilines is 1. The molecule has 0 spiro atoms. The molecule has 0 aliphatic carbocycles. The fraction of sp³-hybridized carbons (Fsp3) is 0.0435. The lowest BCUT2D eigenvalue weighted by atomic mass is 10.0. The van der Waals surface area contributed by atoms with E-state index in [2.05, 4.69) is 5.32 Å². The van der Waals surface area contributed by atoms with Gasteiger partial charge in [0.05, 0.1) is 23.9 Å². The predicted molar refractivity (Wildman–Crippen MR) is 113 cm³/mol. The number of carbonyl (C=O) groups excluding carboxylic acids is 1. The van der Waals surface area contributed by atoms with Crippen molar-refractivity contribution in [1.82, 2.24) is 4.98 Å². The smallest absolute Gasteiger partial charge is 0.256 e. The van der Waals surface area contributed by atoms with Gasteiger partial charge in [0, 0.05) is 21.7 Å². The summed E-state index contributed by atoms with van der Waals surface area (Å²) < 4.78 is 5.22. The molecule has 138 valence electrons. The van der Waals surface area contributed by atoms with Crippen LogP contribution in [0.25, 0.3) is 22.2 Å². The number of hydrogen-bond acceptors (Lipinski definition) is 3. The van der Waals surface area contributed by atoms with Crippen LogP contribution >= 0.6 is 11.6 Å². The van der Waals surface area contributed by atoms with E-state index in [1.165, 1.54) is 0 Å². The molecule has 28 heavy (non-hydrogen) atoms. The molecular weight excluding hydrogens is 372 g/mol. The summed E-state index contributed by atoms with van der Waals surface area (Å²) in [4.78, 5) is 17.7. The van der Waals surface area contributed by atoms with Crippen molar-refractivity contribution < 1.29 is 9.53 Å². The third-order valence-electron chi connectivity index (χ3n) is 4.43. The monoisotopic (exact) mass is 388 g/mol. The number of nitrogens with one attached hydrogen (secondary N) is 1. The molecular formula is C23H17ClN2O2. The van der Waals surface area contributed by atoms with Crippen LogP contribution in [-0.4, -0.2) is 18.0 Å². The summed E-state index contributed by atoms with van der Waals surface area (Å²) in [6, 6.07) is 24.1. The standard InChI is InChI=1S/C23H17ClN2O2/c1-28-18-11-9-15(10-12-18)22-14-20(19-7-2-3-8-21(19)26-22)23(27)25-17-6-4-5-16(24)13-17/h2-14H,1H3,(H,25,27). The molecule has 0 fully saturated rings. The van der Waals surface area contributed by atoms with E-state index in [0.29, 0.717) is 16.3 Å². The predicted octanol–water partition coefficient (Wildman–Crippen LogP) is 5.82. The van der Waals surface area contributed by atoms with Gasteiger partial charge in [-0.3, -0.25) is 4.79 Å². The Labute approximate surface area is 167 Å². The molecule has 0 aliphatic rings. The number of carbonyl (C=O) groups is 1. The number of halogens is 1. The van der Waals surface area contributed by atoms with E-state index in [-0.39, 0.29) is 5.91 Å². The van der Waals surface area contributed by atoms with Crippen molar-refractivity contribution in [3.05, 3.63) is 89.4 Å². The summed E-state index contributed by atoms with van der Waals surface area (Å²) >= 11 is 6.03. The highest BCUT2D eigenvalue weighted by Crippen LogP contribution is 2.27. The van der Waals surface area contributed by atoms with Crippen LogP contribution < -0.4 is 10.1 Å². The SMILES string of the molecule is COc1ccc(-c2cc(C(=O)Nc3cccc(Cl)c3)c3ccccc3n2)cc1. The van der Waals surface area contributed by atoms with Crippen LogP contribution in [0.2, 0.25) is 5.02 Å². The quantitative estimate of drug-likeness (QED) is 0.479. The summed E-state index contributed by atoms with van der Waals surface area (Å²) in [6.07, 6.45) is 0. The largest absolute Gasteiger partial charge is 0.497 e. The zero-order valence-corrected chi connectivity index (χ0v) is 15.9. The van der Waals surface area contributed by atoms with Gasteiger partial charge in [-0.1, -0.05) is 35.9 Å². The van der Waals surface area contributed by atoms with Gasteiger partial charge in [0.15, 0.2) is 0 Å². The van der Waals surface area contributed by atoms with E-state index in [1.807, 2.05) is 54.6 Å². The number of para-hydroxylation sites is 1. The number of nitrogens with zero attached hydrogens (tertiary/aromatic N) is 1. The maximum atomic E-state index is 13.0. The number of pyridine rings is 1. The molecule has 0 atom stereocenters. The van der Waals surface area contributed by atoms with Gasteiger partial charge < -0.3 is 10.1 Å². The van der Waals surface area contributed by atoms with E-state index >= 15 is 0 Å². The Bertz CT molecular complexity index is 1160. The molecule has 1 aromatic heterocycles. The van der Waals surface area contributed by atoms with E-state index in [0.717, 1.165) is 27.9 Å². The third kappa shape index (κ3) is 3.68. The highest BCUT2D eigenvalue weighted by molar-refractivity contribution is 6.31. The Morgan fingerprint density at radius 2 is 1.75 bits per heavy atom. The van der Waals surface area contributed by atoms with Crippen LogP contribution in [0.1, 0.15) is 10.4 Å². The third-order valence-corrected chi connectivity index (χ3v) is 4.66. The summed E-state index contributed by atoms with van der Waals surface area (Å²) in [6.45, 7) is 0. The second-order valence-corrected chi connectivity index (χ2v) is 6.70. The Kier molecular flexibility index (Phi) is 4.96. The van der Waals surface area contributed by atoms with Crippen molar-refractivity contribution in [2.24, 2.45) is 0 Å². The Hall–Kier alpha value is -3.37. The number of methoxy groups -OCH3 is 1. The average Bonchev–Trinajstić information content (AvgIpc) is 2.73. The number of benzene rings is 3. The highest BCUT2D eigenvalue weighted by atomic mass is 35.5. The van der Waals surface area contributed by atoms with E-state index in [4.69, 9.17) is 21.3 Å². The number of aromatic nitrogens is 1. The maximum Gasteiger partial charge on any atom is 0.256 e. The van der Waals surface area contributed by atoms with Gasteiger partial charge in [0.2, 0.25) is 0 Å².